The van der Waals surface area contributed by atoms with Crippen LogP contribution in [0.3, 0.4) is 0 Å². The third kappa shape index (κ3) is 4.19. The zero-order chi connectivity index (χ0) is 12.3. The molecule has 0 saturated heterocycles. The van der Waals surface area contributed by atoms with Gasteiger partial charge in [0, 0.05) is 16.2 Å². The number of nitrogens with one attached hydrogen (secondary N) is 1. The fourth-order valence-electron chi connectivity index (χ4n) is 1.60. The lowest BCUT2D eigenvalue weighted by Crippen LogP contribution is -2.41. The molecule has 1 saturated carbocycles. The molecule has 18 heavy (non-hydrogen) atoms. The lowest BCUT2D eigenvalue weighted by Gasteiger charge is -2.16. The monoisotopic (exact) mass is 286 g/mol. The van der Waals surface area contributed by atoms with Crippen molar-refractivity contribution in [3.8, 4) is 0 Å². The van der Waals surface area contributed by atoms with Crippen LogP contribution in [0.25, 0.3) is 0 Å². The van der Waals surface area contributed by atoms with Gasteiger partial charge < -0.3 is 11.1 Å². The average molecular weight is 287 g/mol. The van der Waals surface area contributed by atoms with Crippen LogP contribution in [-0.4, -0.2) is 23.2 Å². The summed E-state index contributed by atoms with van der Waals surface area (Å²) >= 11 is 1.86. The van der Waals surface area contributed by atoms with E-state index in [9.17, 15) is 4.79 Å². The van der Waals surface area contributed by atoms with Crippen molar-refractivity contribution in [1.29, 1.82) is 0 Å². The fraction of sp³-hybridized carbons (Fsp3) is 0.462. The van der Waals surface area contributed by atoms with Gasteiger partial charge in [-0.2, -0.15) is 0 Å². The molecule has 5 heteroatoms. The molecule has 3 nitrogen and oxygen atoms in total. The van der Waals surface area contributed by atoms with Crippen LogP contribution in [0.4, 0.5) is 0 Å². The van der Waals surface area contributed by atoms with Crippen LogP contribution in [0.2, 0.25) is 0 Å². The standard InChI is InChI=1S/C13H18N2OS.ClH/c1-10(14)12(16)15-9-13(7-8-13)17-11-5-3-2-4-6-11;/h2-6,10H,7-9,14H2,1H3,(H,15,16);1H/t10-;/m0./s1. The Morgan fingerprint density at radius 1 is 1.44 bits per heavy atom. The molecule has 2 rings (SSSR count). The van der Waals surface area contributed by atoms with Gasteiger partial charge in [0.05, 0.1) is 6.04 Å². The van der Waals surface area contributed by atoms with Gasteiger partial charge in [-0.25, -0.2) is 0 Å². The quantitative estimate of drug-likeness (QED) is 0.872. The van der Waals surface area contributed by atoms with E-state index < -0.39 is 6.04 Å². The predicted molar refractivity (Wildman–Crippen MR) is 78.2 cm³/mol. The summed E-state index contributed by atoms with van der Waals surface area (Å²) < 4.78 is 0.200. The summed E-state index contributed by atoms with van der Waals surface area (Å²) in [5.41, 5.74) is 5.52. The van der Waals surface area contributed by atoms with Gasteiger partial charge in [0.1, 0.15) is 0 Å². The third-order valence-electron chi connectivity index (χ3n) is 2.88. The number of benzene rings is 1. The molecule has 0 radical (unpaired) electrons. The maximum absolute atomic E-state index is 11.4. The van der Waals surface area contributed by atoms with Gasteiger partial charge in [0.2, 0.25) is 5.91 Å². The van der Waals surface area contributed by atoms with Crippen molar-refractivity contribution in [2.45, 2.75) is 35.4 Å². The molecule has 1 amide bonds. The van der Waals surface area contributed by atoms with Crippen molar-refractivity contribution in [1.82, 2.24) is 5.32 Å². The fourth-order valence-corrected chi connectivity index (χ4v) is 2.85. The Hall–Kier alpha value is -0.710. The van der Waals surface area contributed by atoms with E-state index in [0.29, 0.717) is 6.54 Å². The first-order valence-corrected chi connectivity index (χ1v) is 6.70. The summed E-state index contributed by atoms with van der Waals surface area (Å²) in [4.78, 5) is 12.7. The minimum absolute atomic E-state index is 0. The lowest BCUT2D eigenvalue weighted by molar-refractivity contribution is -0.121. The number of nitrogens with two attached hydrogens (primary N) is 1. The van der Waals surface area contributed by atoms with E-state index >= 15 is 0 Å². The summed E-state index contributed by atoms with van der Waals surface area (Å²) in [6.45, 7) is 2.42. The summed E-state index contributed by atoms with van der Waals surface area (Å²) in [5, 5.41) is 2.92. The second kappa shape index (κ2) is 6.45. The van der Waals surface area contributed by atoms with Crippen LogP contribution >= 0.6 is 24.2 Å². The van der Waals surface area contributed by atoms with E-state index in [4.69, 9.17) is 5.73 Å². The smallest absolute Gasteiger partial charge is 0.236 e. The molecule has 0 heterocycles. The molecule has 1 aliphatic rings. The van der Waals surface area contributed by atoms with Gasteiger partial charge in [-0.15, -0.1) is 24.2 Å². The highest BCUT2D eigenvalue weighted by Gasteiger charge is 2.43. The zero-order valence-electron chi connectivity index (χ0n) is 10.4. The van der Waals surface area contributed by atoms with Crippen LogP contribution in [0.1, 0.15) is 19.8 Å². The molecular weight excluding hydrogens is 268 g/mol. The number of hydrogen-bond donors (Lipinski definition) is 2. The van der Waals surface area contributed by atoms with Gasteiger partial charge in [-0.05, 0) is 31.9 Å². The molecule has 0 spiro atoms. The molecule has 1 aromatic carbocycles. The first-order valence-electron chi connectivity index (χ1n) is 5.89. The molecule has 100 valence electrons. The second-order valence-corrected chi connectivity index (χ2v) is 6.15. The summed E-state index contributed by atoms with van der Waals surface area (Å²) in [5.74, 6) is -0.0649. The summed E-state index contributed by atoms with van der Waals surface area (Å²) in [7, 11) is 0. The van der Waals surface area contributed by atoms with E-state index in [1.165, 1.54) is 4.90 Å². The van der Waals surface area contributed by atoms with Crippen molar-refractivity contribution in [3.63, 3.8) is 0 Å². The van der Waals surface area contributed by atoms with Gasteiger partial charge in [0.25, 0.3) is 0 Å². The van der Waals surface area contributed by atoms with Crippen molar-refractivity contribution >= 4 is 30.1 Å². The summed E-state index contributed by atoms with van der Waals surface area (Å²) in [6.07, 6.45) is 2.32. The molecule has 1 aromatic rings. The Bertz CT molecular complexity index is 393. The van der Waals surface area contributed by atoms with E-state index in [2.05, 4.69) is 17.4 Å². The van der Waals surface area contributed by atoms with Crippen LogP contribution in [0.5, 0.6) is 0 Å². The minimum Gasteiger partial charge on any atom is -0.353 e. The number of hydrogen-bond acceptors (Lipinski definition) is 3. The Morgan fingerprint density at radius 2 is 2.06 bits per heavy atom. The van der Waals surface area contributed by atoms with Gasteiger partial charge in [0.15, 0.2) is 0 Å². The molecule has 3 N–H and O–H groups in total. The van der Waals surface area contributed by atoms with Crippen LogP contribution in [0, 0.1) is 0 Å². The van der Waals surface area contributed by atoms with Gasteiger partial charge in [-0.1, -0.05) is 18.2 Å². The number of halogens is 1. The number of carbonyl (C=O) groups is 1. The molecule has 0 aromatic heterocycles. The SMILES string of the molecule is C[C@H](N)C(=O)NCC1(Sc2ccccc2)CC1.Cl. The van der Waals surface area contributed by atoms with Crippen molar-refractivity contribution in [3.05, 3.63) is 30.3 Å². The molecule has 1 fully saturated rings. The maximum Gasteiger partial charge on any atom is 0.236 e. The molecular formula is C13H19ClN2OS. The first kappa shape index (κ1) is 15.3. The van der Waals surface area contributed by atoms with E-state index in [-0.39, 0.29) is 23.1 Å². The number of rotatable bonds is 5. The number of carbonyl (C=O) groups excluding carboxylic acids is 1. The summed E-state index contributed by atoms with van der Waals surface area (Å²) in [6, 6.07) is 9.89. The van der Waals surface area contributed by atoms with E-state index in [1.807, 2.05) is 30.0 Å². The second-order valence-electron chi connectivity index (χ2n) is 4.60. The highest BCUT2D eigenvalue weighted by Crippen LogP contribution is 2.51. The van der Waals surface area contributed by atoms with Crippen molar-refractivity contribution in [2.24, 2.45) is 5.73 Å². The van der Waals surface area contributed by atoms with E-state index in [1.54, 1.807) is 6.92 Å². The molecule has 0 aliphatic heterocycles. The van der Waals surface area contributed by atoms with Gasteiger partial charge in [-0.3, -0.25) is 4.79 Å². The van der Waals surface area contributed by atoms with Crippen LogP contribution in [-0.2, 0) is 4.79 Å². The highest BCUT2D eigenvalue weighted by molar-refractivity contribution is 8.01. The first-order chi connectivity index (χ1) is 8.11. The topological polar surface area (TPSA) is 55.1 Å². The Kier molecular flexibility index (Phi) is 5.50. The van der Waals surface area contributed by atoms with Crippen molar-refractivity contribution in [2.75, 3.05) is 6.54 Å². The largest absolute Gasteiger partial charge is 0.353 e. The predicted octanol–water partition coefficient (Wildman–Crippen LogP) is 2.20. The lowest BCUT2D eigenvalue weighted by atomic mass is 10.3. The van der Waals surface area contributed by atoms with Crippen LogP contribution < -0.4 is 11.1 Å². The Morgan fingerprint density at radius 3 is 2.56 bits per heavy atom. The Labute approximate surface area is 118 Å². The average Bonchev–Trinajstić information content (AvgIpc) is 3.07. The number of amides is 1. The van der Waals surface area contributed by atoms with Crippen molar-refractivity contribution < 1.29 is 4.79 Å². The Balaban J connectivity index is 0.00000162. The number of thioether (sulfide) groups is 1. The zero-order valence-corrected chi connectivity index (χ0v) is 12.0. The normalized spacial score (nSPS) is 17.4. The molecule has 0 bridgehead atoms. The maximum atomic E-state index is 11.4. The van der Waals surface area contributed by atoms with Crippen LogP contribution in [0.15, 0.2) is 35.2 Å². The molecule has 1 aliphatic carbocycles. The van der Waals surface area contributed by atoms with E-state index in [0.717, 1.165) is 12.8 Å². The molecule has 0 unspecified atom stereocenters. The van der Waals surface area contributed by atoms with Gasteiger partial charge >= 0.3 is 0 Å². The molecule has 1 atom stereocenters. The minimum atomic E-state index is -0.424. The third-order valence-corrected chi connectivity index (χ3v) is 4.38. The highest BCUT2D eigenvalue weighted by atomic mass is 35.5.